The summed E-state index contributed by atoms with van der Waals surface area (Å²) >= 11 is 0. The first-order valence-corrected chi connectivity index (χ1v) is 7.63. The summed E-state index contributed by atoms with van der Waals surface area (Å²) in [6.45, 7) is 4.13. The maximum Gasteiger partial charge on any atom is 0.226 e. The molecule has 2 rings (SSSR count). The van der Waals surface area contributed by atoms with Gasteiger partial charge in [0.15, 0.2) is 0 Å². The van der Waals surface area contributed by atoms with Crippen molar-refractivity contribution in [1.29, 1.82) is 0 Å². The number of nitrogens with zero attached hydrogens (tertiary/aromatic N) is 1. The number of aliphatic hydroxyl groups is 1. The lowest BCUT2D eigenvalue weighted by molar-refractivity contribution is -0.135. The molecule has 2 amide bonds. The maximum absolute atomic E-state index is 11.4. The van der Waals surface area contributed by atoms with Gasteiger partial charge >= 0.3 is 0 Å². The van der Waals surface area contributed by atoms with Crippen LogP contribution in [0.4, 0.5) is 0 Å². The van der Waals surface area contributed by atoms with Crippen LogP contribution in [0.1, 0.15) is 46.0 Å². The van der Waals surface area contributed by atoms with Gasteiger partial charge in [-0.2, -0.15) is 0 Å². The fraction of sp³-hybridized carbons (Fsp3) is 0.800. The summed E-state index contributed by atoms with van der Waals surface area (Å²) in [5.41, 5.74) is 0.646. The number of amides is 2. The van der Waals surface area contributed by atoms with Gasteiger partial charge < -0.3 is 10.3 Å². The van der Waals surface area contributed by atoms with Gasteiger partial charge in [0.05, 0.1) is 11.8 Å². The first kappa shape index (κ1) is 15.9. The second-order valence-electron chi connectivity index (χ2n) is 6.66. The summed E-state index contributed by atoms with van der Waals surface area (Å²) in [7, 11) is 0. The Hall–Kier alpha value is -1.43. The van der Waals surface area contributed by atoms with Gasteiger partial charge in [-0.25, -0.2) is 0 Å². The van der Waals surface area contributed by atoms with Crippen molar-refractivity contribution in [2.75, 3.05) is 0 Å². The van der Waals surface area contributed by atoms with E-state index in [-0.39, 0.29) is 42.4 Å². The second-order valence-corrected chi connectivity index (χ2v) is 6.66. The molecule has 1 saturated carbocycles. The van der Waals surface area contributed by atoms with Crippen molar-refractivity contribution < 1.29 is 19.9 Å². The molecule has 1 aliphatic carbocycles. The van der Waals surface area contributed by atoms with Crippen LogP contribution < -0.4 is 5.32 Å². The van der Waals surface area contributed by atoms with Crippen molar-refractivity contribution in [2.45, 2.75) is 52.1 Å². The Kier molecular flexibility index (Phi) is 4.98. The largest absolute Gasteiger partial charge is 0.411 e. The van der Waals surface area contributed by atoms with Gasteiger partial charge in [-0.3, -0.25) is 14.9 Å². The monoisotopic (exact) mass is 296 g/mol. The van der Waals surface area contributed by atoms with Gasteiger partial charge in [-0.15, -0.1) is 0 Å². The number of imide groups is 1. The minimum absolute atomic E-state index is 0.131. The van der Waals surface area contributed by atoms with Gasteiger partial charge in [0, 0.05) is 18.8 Å². The van der Waals surface area contributed by atoms with Crippen molar-refractivity contribution in [3.63, 3.8) is 0 Å². The number of rotatable bonds is 3. The molecular weight excluding hydrogens is 272 g/mol. The highest BCUT2D eigenvalue weighted by atomic mass is 16.4. The van der Waals surface area contributed by atoms with E-state index < -0.39 is 6.10 Å². The predicted octanol–water partition coefficient (Wildman–Crippen LogP) is 1.30. The SMILES string of the molecule is CC1CC(C)/C(=N/O)C(C(O)CC2CC(=O)NC(=O)C2)C1. The van der Waals surface area contributed by atoms with Crippen LogP contribution in [-0.4, -0.2) is 33.9 Å². The molecule has 0 radical (unpaired) electrons. The molecule has 6 heteroatoms. The molecule has 0 aromatic carbocycles. The number of carbonyl (C=O) groups is 2. The first-order chi connectivity index (χ1) is 9.90. The van der Waals surface area contributed by atoms with Crippen LogP contribution in [0.3, 0.4) is 0 Å². The van der Waals surface area contributed by atoms with Crippen molar-refractivity contribution >= 4 is 17.5 Å². The van der Waals surface area contributed by atoms with Crippen molar-refractivity contribution in [1.82, 2.24) is 5.32 Å². The lowest BCUT2D eigenvalue weighted by atomic mass is 9.71. The number of hydrogen-bond acceptors (Lipinski definition) is 5. The molecular formula is C15H24N2O4. The highest BCUT2D eigenvalue weighted by Crippen LogP contribution is 2.35. The topological polar surface area (TPSA) is 99.0 Å². The Labute approximate surface area is 124 Å². The highest BCUT2D eigenvalue weighted by Gasteiger charge is 2.37. The Balaban J connectivity index is 2.02. The second kappa shape index (κ2) is 6.56. The molecule has 6 nitrogen and oxygen atoms in total. The highest BCUT2D eigenvalue weighted by molar-refractivity contribution is 5.97. The summed E-state index contributed by atoms with van der Waals surface area (Å²) in [5, 5.41) is 25.4. The molecule has 0 aromatic rings. The zero-order chi connectivity index (χ0) is 15.6. The van der Waals surface area contributed by atoms with E-state index in [9.17, 15) is 19.9 Å². The van der Waals surface area contributed by atoms with E-state index >= 15 is 0 Å². The van der Waals surface area contributed by atoms with Crippen molar-refractivity contribution in [3.05, 3.63) is 0 Å². The standard InChI is InChI=1S/C15H24N2O4/c1-8-3-9(2)15(17-21)11(4-8)12(18)5-10-6-13(19)16-14(20)7-10/h8-12,18,21H,3-7H2,1-2H3,(H,16,19,20)/b17-15-. The fourth-order valence-electron chi connectivity index (χ4n) is 3.79. The summed E-state index contributed by atoms with van der Waals surface area (Å²) < 4.78 is 0. The number of hydrogen-bond donors (Lipinski definition) is 3. The minimum Gasteiger partial charge on any atom is -0.411 e. The molecule has 1 aliphatic heterocycles. The number of carbonyl (C=O) groups excluding carboxylic acids is 2. The zero-order valence-electron chi connectivity index (χ0n) is 12.6. The number of nitrogens with one attached hydrogen (secondary N) is 1. The third kappa shape index (κ3) is 3.81. The summed E-state index contributed by atoms with van der Waals surface area (Å²) in [6, 6.07) is 0. The fourth-order valence-corrected chi connectivity index (χ4v) is 3.79. The van der Waals surface area contributed by atoms with Gasteiger partial charge in [0.25, 0.3) is 0 Å². The number of piperidine rings is 1. The minimum atomic E-state index is -0.676. The van der Waals surface area contributed by atoms with E-state index in [4.69, 9.17) is 0 Å². The normalized spacial score (nSPS) is 34.8. The van der Waals surface area contributed by atoms with E-state index in [0.717, 1.165) is 12.8 Å². The van der Waals surface area contributed by atoms with Gasteiger partial charge in [0.2, 0.25) is 11.8 Å². The Morgan fingerprint density at radius 2 is 1.86 bits per heavy atom. The smallest absolute Gasteiger partial charge is 0.226 e. The first-order valence-electron chi connectivity index (χ1n) is 7.63. The van der Waals surface area contributed by atoms with Crippen LogP contribution in [0.15, 0.2) is 5.16 Å². The average Bonchev–Trinajstić information content (AvgIpc) is 2.36. The summed E-state index contributed by atoms with van der Waals surface area (Å²) in [4.78, 5) is 22.8. The van der Waals surface area contributed by atoms with E-state index in [2.05, 4.69) is 17.4 Å². The lowest BCUT2D eigenvalue weighted by Gasteiger charge is -2.36. The van der Waals surface area contributed by atoms with Crippen molar-refractivity contribution in [3.8, 4) is 0 Å². The predicted molar refractivity (Wildman–Crippen MR) is 76.8 cm³/mol. The summed E-state index contributed by atoms with van der Waals surface area (Å²) in [5.74, 6) is -0.256. The van der Waals surface area contributed by atoms with Gasteiger partial charge in [-0.05, 0) is 37.0 Å². The van der Waals surface area contributed by atoms with Crippen LogP contribution in [0.25, 0.3) is 0 Å². The van der Waals surface area contributed by atoms with Crippen LogP contribution in [0, 0.1) is 23.7 Å². The summed E-state index contributed by atoms with van der Waals surface area (Å²) in [6.07, 6.45) is 1.98. The molecule has 0 spiro atoms. The van der Waals surface area contributed by atoms with Crippen LogP contribution in [0.5, 0.6) is 0 Å². The average molecular weight is 296 g/mol. The molecule has 2 fully saturated rings. The molecule has 3 N–H and O–H groups in total. The number of aliphatic hydroxyl groups excluding tert-OH is 1. The van der Waals surface area contributed by atoms with E-state index in [0.29, 0.717) is 18.1 Å². The third-order valence-electron chi connectivity index (χ3n) is 4.68. The zero-order valence-corrected chi connectivity index (χ0v) is 12.6. The molecule has 0 aromatic heterocycles. The van der Waals surface area contributed by atoms with Crippen LogP contribution >= 0.6 is 0 Å². The van der Waals surface area contributed by atoms with Gasteiger partial charge in [-0.1, -0.05) is 19.0 Å². The van der Waals surface area contributed by atoms with E-state index in [1.165, 1.54) is 0 Å². The van der Waals surface area contributed by atoms with E-state index in [1.807, 2.05) is 6.92 Å². The molecule has 1 saturated heterocycles. The van der Waals surface area contributed by atoms with Gasteiger partial charge in [0.1, 0.15) is 0 Å². The molecule has 4 unspecified atom stereocenters. The Morgan fingerprint density at radius 3 is 2.43 bits per heavy atom. The van der Waals surface area contributed by atoms with Crippen LogP contribution in [-0.2, 0) is 9.59 Å². The Bertz CT molecular complexity index is 433. The molecule has 118 valence electrons. The van der Waals surface area contributed by atoms with Crippen LogP contribution in [0.2, 0.25) is 0 Å². The molecule has 21 heavy (non-hydrogen) atoms. The third-order valence-corrected chi connectivity index (χ3v) is 4.68. The van der Waals surface area contributed by atoms with Crippen molar-refractivity contribution in [2.24, 2.45) is 28.8 Å². The maximum atomic E-state index is 11.4. The Morgan fingerprint density at radius 1 is 1.24 bits per heavy atom. The molecule has 0 bridgehead atoms. The number of oxime groups is 1. The lowest BCUT2D eigenvalue weighted by Crippen LogP contribution is -2.42. The molecule has 1 heterocycles. The molecule has 2 aliphatic rings. The molecule has 4 atom stereocenters. The van der Waals surface area contributed by atoms with E-state index in [1.54, 1.807) is 0 Å². The quantitative estimate of drug-likeness (QED) is 0.415.